The molecule has 3 heterocycles. The van der Waals surface area contributed by atoms with Gasteiger partial charge in [0, 0.05) is 36.4 Å². The van der Waals surface area contributed by atoms with Gasteiger partial charge >= 0.3 is 0 Å². The molecule has 0 atom stereocenters. The van der Waals surface area contributed by atoms with Crippen molar-refractivity contribution in [2.45, 2.75) is 38.8 Å². The second-order valence-corrected chi connectivity index (χ2v) is 10.7. The van der Waals surface area contributed by atoms with Crippen molar-refractivity contribution in [1.82, 2.24) is 14.9 Å². The molecule has 0 amide bonds. The zero-order chi connectivity index (χ0) is 27.0. The normalized spacial score (nSPS) is 16.1. The van der Waals surface area contributed by atoms with E-state index in [1.165, 1.54) is 6.07 Å². The van der Waals surface area contributed by atoms with Crippen molar-refractivity contribution < 1.29 is 13.5 Å². The number of ether oxygens (including phenoxy) is 1. The summed E-state index contributed by atoms with van der Waals surface area (Å²) in [6, 6.07) is 9.39. The van der Waals surface area contributed by atoms with E-state index in [0.717, 1.165) is 37.8 Å². The van der Waals surface area contributed by atoms with Gasteiger partial charge in [-0.1, -0.05) is 11.6 Å². The van der Waals surface area contributed by atoms with Crippen molar-refractivity contribution in [3.05, 3.63) is 53.2 Å². The molecule has 3 aromatic rings. The predicted octanol–water partition coefficient (Wildman–Crippen LogP) is 5.96. The summed E-state index contributed by atoms with van der Waals surface area (Å²) in [6.07, 6.45) is 3.25. The average Bonchev–Trinajstić information content (AvgIpc) is 2.89. The SMILES string of the molecule is CC(C)N1CCOc2c(F)cc(-c3nc(Nc4ccc(N5CCC(N(C)C)CC5)c(Cl)c4)ncc3F)cc21. The molecule has 2 aromatic carbocycles. The lowest BCUT2D eigenvalue weighted by Crippen LogP contribution is -2.42. The summed E-state index contributed by atoms with van der Waals surface area (Å²) in [5.41, 5.74) is 2.57. The van der Waals surface area contributed by atoms with Crippen LogP contribution in [0.5, 0.6) is 5.75 Å². The first-order chi connectivity index (χ1) is 18.2. The van der Waals surface area contributed by atoms with Crippen molar-refractivity contribution in [1.29, 1.82) is 0 Å². The Bertz CT molecular complexity index is 1310. The van der Waals surface area contributed by atoms with Gasteiger partial charge in [-0.25, -0.2) is 18.7 Å². The van der Waals surface area contributed by atoms with E-state index in [4.69, 9.17) is 16.3 Å². The van der Waals surface area contributed by atoms with Crippen LogP contribution in [0.15, 0.2) is 36.5 Å². The van der Waals surface area contributed by atoms with Crippen LogP contribution >= 0.6 is 11.6 Å². The number of fused-ring (bicyclic) bond motifs is 1. The fraction of sp³-hybridized carbons (Fsp3) is 0.429. The Balaban J connectivity index is 1.38. The standard InChI is InChI=1S/C28H33ClF2N6O/c1-17(2)37-11-12-38-27-22(30)13-18(14-25(27)37)26-23(31)16-32-28(34-26)33-19-5-6-24(21(29)15-19)36-9-7-20(8-10-36)35(3)4/h5-6,13-17,20H,7-12H2,1-4H3,(H,32,33,34). The molecule has 202 valence electrons. The third-order valence-electron chi connectivity index (χ3n) is 7.29. The smallest absolute Gasteiger partial charge is 0.227 e. The van der Waals surface area contributed by atoms with Gasteiger partial charge in [-0.15, -0.1) is 0 Å². The number of nitrogens with zero attached hydrogens (tertiary/aromatic N) is 5. The molecule has 7 nitrogen and oxygen atoms in total. The number of benzene rings is 2. The summed E-state index contributed by atoms with van der Waals surface area (Å²) in [6.45, 7) is 6.95. The van der Waals surface area contributed by atoms with Crippen LogP contribution in [0, 0.1) is 11.6 Å². The zero-order valence-electron chi connectivity index (χ0n) is 22.1. The van der Waals surface area contributed by atoms with E-state index in [9.17, 15) is 8.78 Å². The summed E-state index contributed by atoms with van der Waals surface area (Å²) in [5, 5.41) is 3.73. The Morgan fingerprint density at radius 1 is 1.05 bits per heavy atom. The largest absolute Gasteiger partial charge is 0.486 e. The van der Waals surface area contributed by atoms with Crippen LogP contribution < -0.4 is 19.9 Å². The number of piperidine rings is 1. The fourth-order valence-corrected chi connectivity index (χ4v) is 5.50. The van der Waals surface area contributed by atoms with E-state index in [1.54, 1.807) is 6.07 Å². The maximum Gasteiger partial charge on any atom is 0.227 e. The molecule has 1 fully saturated rings. The predicted molar refractivity (Wildman–Crippen MR) is 149 cm³/mol. The molecule has 0 bridgehead atoms. The van der Waals surface area contributed by atoms with Crippen molar-refractivity contribution in [3.63, 3.8) is 0 Å². The summed E-state index contributed by atoms with van der Waals surface area (Å²) in [7, 11) is 4.24. The maximum absolute atomic E-state index is 15.0. The highest BCUT2D eigenvalue weighted by molar-refractivity contribution is 6.33. The Morgan fingerprint density at radius 2 is 1.82 bits per heavy atom. The first-order valence-electron chi connectivity index (χ1n) is 12.9. The molecular weight excluding hydrogens is 510 g/mol. The van der Waals surface area contributed by atoms with Crippen LogP contribution in [0.1, 0.15) is 26.7 Å². The highest BCUT2D eigenvalue weighted by Gasteiger charge is 2.26. The molecule has 0 saturated carbocycles. The summed E-state index contributed by atoms with van der Waals surface area (Å²) in [5.74, 6) is -0.820. The molecule has 0 unspecified atom stereocenters. The highest BCUT2D eigenvalue weighted by Crippen LogP contribution is 2.39. The summed E-state index contributed by atoms with van der Waals surface area (Å²) >= 11 is 6.65. The van der Waals surface area contributed by atoms with Gasteiger partial charge in [0.25, 0.3) is 0 Å². The van der Waals surface area contributed by atoms with Gasteiger partial charge in [-0.3, -0.25) is 0 Å². The Labute approximate surface area is 227 Å². The van der Waals surface area contributed by atoms with Gasteiger partial charge in [0.05, 0.1) is 29.1 Å². The van der Waals surface area contributed by atoms with E-state index in [-0.39, 0.29) is 23.4 Å². The molecule has 5 rings (SSSR count). The lowest BCUT2D eigenvalue weighted by molar-refractivity contribution is 0.249. The lowest BCUT2D eigenvalue weighted by atomic mass is 10.0. The van der Waals surface area contributed by atoms with E-state index in [0.29, 0.717) is 41.2 Å². The Morgan fingerprint density at radius 3 is 2.50 bits per heavy atom. The molecule has 1 N–H and O–H groups in total. The van der Waals surface area contributed by atoms with Gasteiger partial charge < -0.3 is 24.8 Å². The molecule has 38 heavy (non-hydrogen) atoms. The highest BCUT2D eigenvalue weighted by atomic mass is 35.5. The van der Waals surface area contributed by atoms with E-state index in [2.05, 4.69) is 39.2 Å². The van der Waals surface area contributed by atoms with E-state index >= 15 is 0 Å². The van der Waals surface area contributed by atoms with E-state index < -0.39 is 11.6 Å². The minimum absolute atomic E-state index is 0.00459. The van der Waals surface area contributed by atoms with Gasteiger partial charge in [-0.05, 0) is 71.1 Å². The molecular formula is C28H33ClF2N6O. The van der Waals surface area contributed by atoms with Gasteiger partial charge in [0.1, 0.15) is 12.3 Å². The van der Waals surface area contributed by atoms with Crippen LogP contribution in [0.25, 0.3) is 11.3 Å². The number of aromatic nitrogens is 2. The lowest BCUT2D eigenvalue weighted by Gasteiger charge is -2.36. The number of hydrogen-bond acceptors (Lipinski definition) is 7. The average molecular weight is 543 g/mol. The topological polar surface area (TPSA) is 56.8 Å². The molecule has 0 radical (unpaired) electrons. The second kappa shape index (κ2) is 10.9. The molecule has 1 saturated heterocycles. The first kappa shape index (κ1) is 26.4. The maximum atomic E-state index is 15.0. The minimum Gasteiger partial charge on any atom is -0.486 e. The quantitative estimate of drug-likeness (QED) is 0.412. The zero-order valence-corrected chi connectivity index (χ0v) is 22.9. The molecule has 1 aromatic heterocycles. The number of hydrogen-bond donors (Lipinski definition) is 1. The number of nitrogens with one attached hydrogen (secondary N) is 1. The molecule has 0 aliphatic carbocycles. The minimum atomic E-state index is -0.641. The Hall–Kier alpha value is -3.17. The first-order valence-corrected chi connectivity index (χ1v) is 13.3. The van der Waals surface area contributed by atoms with Crippen molar-refractivity contribution in [2.24, 2.45) is 0 Å². The third kappa shape index (κ3) is 5.35. The van der Waals surface area contributed by atoms with Crippen molar-refractivity contribution in [2.75, 3.05) is 55.5 Å². The number of anilines is 4. The third-order valence-corrected chi connectivity index (χ3v) is 7.59. The van der Waals surface area contributed by atoms with Gasteiger partial charge in [0.2, 0.25) is 5.95 Å². The monoisotopic (exact) mass is 542 g/mol. The van der Waals surface area contributed by atoms with Crippen LogP contribution in [0.3, 0.4) is 0 Å². The summed E-state index contributed by atoms with van der Waals surface area (Å²) in [4.78, 5) is 15.1. The van der Waals surface area contributed by atoms with Crippen molar-refractivity contribution in [3.8, 4) is 17.0 Å². The van der Waals surface area contributed by atoms with Crippen LogP contribution in [0.2, 0.25) is 5.02 Å². The molecule has 10 heteroatoms. The fourth-order valence-electron chi connectivity index (χ4n) is 5.20. The Kier molecular flexibility index (Phi) is 7.59. The van der Waals surface area contributed by atoms with Crippen LogP contribution in [-0.4, -0.2) is 67.3 Å². The number of rotatable bonds is 6. The van der Waals surface area contributed by atoms with Crippen LogP contribution in [-0.2, 0) is 0 Å². The second-order valence-electron chi connectivity index (χ2n) is 10.3. The molecule has 0 spiro atoms. The van der Waals surface area contributed by atoms with Gasteiger partial charge in [-0.2, -0.15) is 0 Å². The number of halogens is 3. The van der Waals surface area contributed by atoms with Crippen molar-refractivity contribution >= 4 is 34.6 Å². The van der Waals surface area contributed by atoms with Crippen LogP contribution in [0.4, 0.5) is 31.8 Å². The molecule has 2 aliphatic heterocycles. The molecule has 2 aliphatic rings. The van der Waals surface area contributed by atoms with Gasteiger partial charge in [0.15, 0.2) is 17.4 Å². The van der Waals surface area contributed by atoms with E-state index in [1.807, 2.05) is 36.9 Å². The summed E-state index contributed by atoms with van der Waals surface area (Å²) < 4.78 is 35.4.